The Balaban J connectivity index is 2.31. The molecule has 0 radical (unpaired) electrons. The van der Waals surface area contributed by atoms with Gasteiger partial charge in [-0.3, -0.25) is 0 Å². The lowest BCUT2D eigenvalue weighted by Crippen LogP contribution is -1.98. The minimum atomic E-state index is 0.474. The molecule has 0 fully saturated rings. The van der Waals surface area contributed by atoms with E-state index in [1.54, 1.807) is 24.3 Å². The van der Waals surface area contributed by atoms with Crippen LogP contribution in [0.2, 0.25) is 0 Å². The lowest BCUT2D eigenvalue weighted by molar-refractivity contribution is 0.469. The number of aryl methyl sites for hydroxylation is 2. The maximum Gasteiger partial charge on any atom is 0.148 e. The number of anilines is 2. The molecule has 0 amide bonds. The van der Waals surface area contributed by atoms with Crippen molar-refractivity contribution >= 4 is 11.6 Å². The van der Waals surface area contributed by atoms with Crippen LogP contribution in [0.4, 0.5) is 11.6 Å². The molecule has 0 spiro atoms. The lowest BCUT2D eigenvalue weighted by Gasteiger charge is -2.10. The van der Waals surface area contributed by atoms with E-state index in [1.165, 1.54) is 0 Å². The van der Waals surface area contributed by atoms with E-state index in [4.69, 9.17) is 16.2 Å². The number of ether oxygens (including phenoxy) is 1. The van der Waals surface area contributed by atoms with E-state index in [0.29, 0.717) is 23.1 Å². The molecule has 88 valence electrons. The molecule has 0 aliphatic carbocycles. The van der Waals surface area contributed by atoms with Gasteiger partial charge in [0.15, 0.2) is 0 Å². The number of hydrogen-bond donors (Lipinski definition) is 2. The minimum absolute atomic E-state index is 0.474. The zero-order valence-corrected chi connectivity index (χ0v) is 9.77. The SMILES string of the molecule is Cc1nc(N)ccc1Oc1ccc(N)nc1C. The van der Waals surface area contributed by atoms with Gasteiger partial charge in [-0.1, -0.05) is 0 Å². The summed E-state index contributed by atoms with van der Waals surface area (Å²) >= 11 is 0. The Morgan fingerprint density at radius 1 is 0.824 bits per heavy atom. The average molecular weight is 230 g/mol. The van der Waals surface area contributed by atoms with Crippen LogP contribution in [0.25, 0.3) is 0 Å². The van der Waals surface area contributed by atoms with E-state index in [0.717, 1.165) is 11.4 Å². The smallest absolute Gasteiger partial charge is 0.148 e. The van der Waals surface area contributed by atoms with Crippen LogP contribution in [-0.4, -0.2) is 9.97 Å². The molecule has 5 heteroatoms. The number of aromatic nitrogens is 2. The normalized spacial score (nSPS) is 10.2. The van der Waals surface area contributed by atoms with Crippen molar-refractivity contribution < 1.29 is 4.74 Å². The van der Waals surface area contributed by atoms with Gasteiger partial charge in [-0.15, -0.1) is 0 Å². The largest absolute Gasteiger partial charge is 0.454 e. The molecule has 0 bridgehead atoms. The van der Waals surface area contributed by atoms with E-state index in [-0.39, 0.29) is 0 Å². The molecule has 0 aliphatic heterocycles. The van der Waals surface area contributed by atoms with Gasteiger partial charge in [-0.25, -0.2) is 9.97 Å². The van der Waals surface area contributed by atoms with Crippen LogP contribution in [0, 0.1) is 13.8 Å². The van der Waals surface area contributed by atoms with E-state index in [9.17, 15) is 0 Å². The Morgan fingerprint density at radius 2 is 1.24 bits per heavy atom. The summed E-state index contributed by atoms with van der Waals surface area (Å²) in [6.45, 7) is 3.68. The van der Waals surface area contributed by atoms with Crippen LogP contribution in [0.3, 0.4) is 0 Å². The third kappa shape index (κ3) is 2.44. The Kier molecular flexibility index (Phi) is 2.82. The second-order valence-electron chi connectivity index (χ2n) is 3.74. The van der Waals surface area contributed by atoms with Crippen molar-refractivity contribution in [2.75, 3.05) is 11.5 Å². The topological polar surface area (TPSA) is 87.0 Å². The van der Waals surface area contributed by atoms with Gasteiger partial charge >= 0.3 is 0 Å². The molecule has 5 nitrogen and oxygen atoms in total. The third-order valence-electron chi connectivity index (χ3n) is 2.34. The molecule has 2 aromatic heterocycles. The zero-order valence-electron chi connectivity index (χ0n) is 9.77. The first-order valence-electron chi connectivity index (χ1n) is 5.20. The van der Waals surface area contributed by atoms with Gasteiger partial charge in [0.2, 0.25) is 0 Å². The first kappa shape index (κ1) is 11.2. The number of nitrogen functional groups attached to an aromatic ring is 2. The van der Waals surface area contributed by atoms with Crippen molar-refractivity contribution in [2.45, 2.75) is 13.8 Å². The van der Waals surface area contributed by atoms with Crippen molar-refractivity contribution in [3.05, 3.63) is 35.7 Å². The van der Waals surface area contributed by atoms with Gasteiger partial charge in [0, 0.05) is 0 Å². The van der Waals surface area contributed by atoms with Gasteiger partial charge in [-0.2, -0.15) is 0 Å². The summed E-state index contributed by atoms with van der Waals surface area (Å²) in [5, 5.41) is 0. The van der Waals surface area contributed by atoms with Crippen molar-refractivity contribution in [1.82, 2.24) is 9.97 Å². The van der Waals surface area contributed by atoms with E-state index >= 15 is 0 Å². The number of hydrogen-bond acceptors (Lipinski definition) is 5. The standard InChI is InChI=1S/C12H14N4O/c1-7-9(3-5-11(13)15-7)17-10-4-6-12(14)16-8(10)2/h3-6H,1-2H3,(H2,13,15)(H2,14,16). The highest BCUT2D eigenvalue weighted by Crippen LogP contribution is 2.26. The zero-order chi connectivity index (χ0) is 12.4. The Hall–Kier alpha value is -2.30. The maximum atomic E-state index is 5.71. The monoisotopic (exact) mass is 230 g/mol. The van der Waals surface area contributed by atoms with Gasteiger partial charge in [0.25, 0.3) is 0 Å². The molecule has 0 saturated carbocycles. The maximum absolute atomic E-state index is 5.71. The van der Waals surface area contributed by atoms with Gasteiger partial charge in [-0.05, 0) is 38.1 Å². The Bertz CT molecular complexity index is 505. The Morgan fingerprint density at radius 3 is 1.59 bits per heavy atom. The molecule has 0 aliphatic rings. The summed E-state index contributed by atoms with van der Waals surface area (Å²) < 4.78 is 5.71. The first-order chi connectivity index (χ1) is 8.06. The van der Waals surface area contributed by atoms with Crippen molar-refractivity contribution in [3.8, 4) is 11.5 Å². The molecule has 2 heterocycles. The van der Waals surface area contributed by atoms with E-state index < -0.39 is 0 Å². The predicted molar refractivity (Wildman–Crippen MR) is 66.8 cm³/mol. The van der Waals surface area contributed by atoms with Crippen molar-refractivity contribution in [3.63, 3.8) is 0 Å². The third-order valence-corrected chi connectivity index (χ3v) is 2.34. The summed E-state index contributed by atoms with van der Waals surface area (Å²) in [4.78, 5) is 8.25. The minimum Gasteiger partial charge on any atom is -0.454 e. The molecular formula is C12H14N4O. The number of nitrogens with zero attached hydrogens (tertiary/aromatic N) is 2. The van der Waals surface area contributed by atoms with Crippen LogP contribution in [0.1, 0.15) is 11.4 Å². The highest BCUT2D eigenvalue weighted by atomic mass is 16.5. The van der Waals surface area contributed by atoms with E-state index in [1.807, 2.05) is 13.8 Å². The fraction of sp³-hybridized carbons (Fsp3) is 0.167. The van der Waals surface area contributed by atoms with Crippen molar-refractivity contribution in [1.29, 1.82) is 0 Å². The Labute approximate surface area is 99.5 Å². The van der Waals surface area contributed by atoms with Crippen LogP contribution in [-0.2, 0) is 0 Å². The number of pyridine rings is 2. The highest BCUT2D eigenvalue weighted by Gasteiger charge is 2.06. The highest BCUT2D eigenvalue weighted by molar-refractivity contribution is 5.43. The van der Waals surface area contributed by atoms with Crippen LogP contribution < -0.4 is 16.2 Å². The van der Waals surface area contributed by atoms with Gasteiger partial charge in [0.05, 0.1) is 11.4 Å². The fourth-order valence-electron chi connectivity index (χ4n) is 1.47. The van der Waals surface area contributed by atoms with Crippen LogP contribution in [0.15, 0.2) is 24.3 Å². The lowest BCUT2D eigenvalue weighted by atomic mass is 10.3. The van der Waals surface area contributed by atoms with E-state index in [2.05, 4.69) is 9.97 Å². The summed E-state index contributed by atoms with van der Waals surface area (Å²) in [5.41, 5.74) is 12.6. The summed E-state index contributed by atoms with van der Waals surface area (Å²) in [5.74, 6) is 2.27. The summed E-state index contributed by atoms with van der Waals surface area (Å²) in [6.07, 6.45) is 0. The summed E-state index contributed by atoms with van der Waals surface area (Å²) in [6, 6.07) is 6.96. The molecule has 17 heavy (non-hydrogen) atoms. The predicted octanol–water partition coefficient (Wildman–Crippen LogP) is 2.05. The van der Waals surface area contributed by atoms with Crippen LogP contribution in [0.5, 0.6) is 11.5 Å². The van der Waals surface area contributed by atoms with Gasteiger partial charge in [0.1, 0.15) is 23.1 Å². The number of rotatable bonds is 2. The molecule has 2 aromatic rings. The second-order valence-corrected chi connectivity index (χ2v) is 3.74. The van der Waals surface area contributed by atoms with Gasteiger partial charge < -0.3 is 16.2 Å². The molecule has 0 unspecified atom stereocenters. The molecule has 4 N–H and O–H groups in total. The quantitative estimate of drug-likeness (QED) is 0.824. The molecule has 0 saturated heterocycles. The van der Waals surface area contributed by atoms with Crippen molar-refractivity contribution in [2.24, 2.45) is 0 Å². The number of nitrogens with two attached hydrogens (primary N) is 2. The second kappa shape index (κ2) is 4.29. The van der Waals surface area contributed by atoms with Crippen LogP contribution >= 0.6 is 0 Å². The first-order valence-corrected chi connectivity index (χ1v) is 5.20. The average Bonchev–Trinajstić information content (AvgIpc) is 2.25. The summed E-state index contributed by atoms with van der Waals surface area (Å²) in [7, 11) is 0. The molecular weight excluding hydrogens is 216 g/mol. The molecule has 0 atom stereocenters. The fourth-order valence-corrected chi connectivity index (χ4v) is 1.47. The molecule has 2 rings (SSSR count). The molecule has 0 aromatic carbocycles.